The molecule has 1 aromatic carbocycles. The molecule has 1 heterocycles. The highest BCUT2D eigenvalue weighted by Crippen LogP contribution is 2.30. The number of methoxy groups -OCH3 is 2. The third kappa shape index (κ3) is 3.07. The maximum atomic E-state index is 6.27. The fourth-order valence-corrected chi connectivity index (χ4v) is 2.53. The van der Waals surface area contributed by atoms with E-state index < -0.39 is 0 Å². The first-order chi connectivity index (χ1) is 9.69. The molecule has 4 nitrogen and oxygen atoms in total. The van der Waals surface area contributed by atoms with E-state index in [9.17, 15) is 0 Å². The molecule has 0 fully saturated rings. The highest BCUT2D eigenvalue weighted by atomic mass is 35.5. The molecule has 0 bridgehead atoms. The van der Waals surface area contributed by atoms with Crippen LogP contribution in [0.15, 0.2) is 18.2 Å². The quantitative estimate of drug-likeness (QED) is 0.576. The van der Waals surface area contributed by atoms with Crippen LogP contribution in [0.1, 0.15) is 31.0 Å². The zero-order valence-electron chi connectivity index (χ0n) is 12.2. The topological polar surface area (TPSA) is 36.3 Å². The second kappa shape index (κ2) is 6.95. The fraction of sp³-hybridized carbons (Fsp3) is 0.533. The number of alkyl halides is 1. The van der Waals surface area contributed by atoms with Crippen LogP contribution in [0.4, 0.5) is 0 Å². The summed E-state index contributed by atoms with van der Waals surface area (Å²) in [4.78, 5) is 4.66. The Morgan fingerprint density at radius 2 is 2.10 bits per heavy atom. The number of hydrogen-bond donors (Lipinski definition) is 0. The summed E-state index contributed by atoms with van der Waals surface area (Å²) >= 11 is 6.27. The van der Waals surface area contributed by atoms with Crippen molar-refractivity contribution < 1.29 is 9.47 Å². The molecule has 2 rings (SSSR count). The number of nitrogens with zero attached hydrogens (tertiary/aromatic N) is 2. The molecule has 0 amide bonds. The van der Waals surface area contributed by atoms with E-state index in [1.54, 1.807) is 14.2 Å². The zero-order valence-corrected chi connectivity index (χ0v) is 13.0. The Balaban J connectivity index is 2.36. The Bertz CT molecular complexity index is 566. The van der Waals surface area contributed by atoms with E-state index in [-0.39, 0.29) is 5.38 Å². The van der Waals surface area contributed by atoms with Gasteiger partial charge in [-0.1, -0.05) is 6.07 Å². The van der Waals surface area contributed by atoms with Crippen LogP contribution in [0.2, 0.25) is 0 Å². The minimum Gasteiger partial charge on any atom is -0.494 e. The maximum Gasteiger partial charge on any atom is 0.146 e. The van der Waals surface area contributed by atoms with Crippen LogP contribution in [0.5, 0.6) is 5.75 Å². The van der Waals surface area contributed by atoms with Crippen LogP contribution < -0.4 is 4.74 Å². The van der Waals surface area contributed by atoms with Gasteiger partial charge in [-0.15, -0.1) is 11.6 Å². The summed E-state index contributed by atoms with van der Waals surface area (Å²) in [5.41, 5.74) is 1.95. The summed E-state index contributed by atoms with van der Waals surface area (Å²) in [5, 5.41) is -0.130. The fourth-order valence-electron chi connectivity index (χ4n) is 2.36. The monoisotopic (exact) mass is 296 g/mol. The molecule has 0 saturated heterocycles. The van der Waals surface area contributed by atoms with E-state index in [2.05, 4.69) is 15.6 Å². The van der Waals surface area contributed by atoms with Crippen molar-refractivity contribution in [3.8, 4) is 5.75 Å². The van der Waals surface area contributed by atoms with Gasteiger partial charge in [-0.2, -0.15) is 0 Å². The van der Waals surface area contributed by atoms with Crippen molar-refractivity contribution in [2.24, 2.45) is 0 Å². The van der Waals surface area contributed by atoms with Gasteiger partial charge in [0.15, 0.2) is 0 Å². The van der Waals surface area contributed by atoms with Gasteiger partial charge in [0, 0.05) is 20.3 Å². The predicted molar refractivity (Wildman–Crippen MR) is 81.7 cm³/mol. The van der Waals surface area contributed by atoms with Gasteiger partial charge in [0.1, 0.15) is 17.1 Å². The van der Waals surface area contributed by atoms with E-state index >= 15 is 0 Å². The molecule has 0 aliphatic rings. The van der Waals surface area contributed by atoms with Gasteiger partial charge in [0.05, 0.1) is 18.0 Å². The Labute approximate surface area is 124 Å². The molecule has 1 aromatic heterocycles. The first-order valence-electron chi connectivity index (χ1n) is 6.85. The maximum absolute atomic E-state index is 6.27. The lowest BCUT2D eigenvalue weighted by Gasteiger charge is -2.10. The van der Waals surface area contributed by atoms with Crippen molar-refractivity contribution in [3.63, 3.8) is 0 Å². The molecule has 0 saturated carbocycles. The molecule has 1 atom stereocenters. The lowest BCUT2D eigenvalue weighted by atomic mass is 10.2. The smallest absolute Gasteiger partial charge is 0.146 e. The van der Waals surface area contributed by atoms with Crippen LogP contribution in [0, 0.1) is 0 Å². The first kappa shape index (κ1) is 15.1. The number of benzene rings is 1. The van der Waals surface area contributed by atoms with Gasteiger partial charge in [-0.3, -0.25) is 0 Å². The average molecular weight is 297 g/mol. The number of rotatable bonds is 7. The molecule has 110 valence electrons. The van der Waals surface area contributed by atoms with E-state index in [1.165, 1.54) is 0 Å². The van der Waals surface area contributed by atoms with Crippen LogP contribution in [-0.4, -0.2) is 30.4 Å². The summed E-state index contributed by atoms with van der Waals surface area (Å²) in [6, 6.07) is 5.97. The van der Waals surface area contributed by atoms with Gasteiger partial charge in [-0.05, 0) is 31.9 Å². The van der Waals surface area contributed by atoms with Crippen molar-refractivity contribution >= 4 is 22.6 Å². The van der Waals surface area contributed by atoms with Crippen LogP contribution in [0.25, 0.3) is 11.0 Å². The van der Waals surface area contributed by atoms with Crippen LogP contribution >= 0.6 is 11.6 Å². The predicted octanol–water partition coefficient (Wildman–Crippen LogP) is 3.77. The second-order valence-corrected chi connectivity index (χ2v) is 5.42. The van der Waals surface area contributed by atoms with Crippen LogP contribution in [0.3, 0.4) is 0 Å². The van der Waals surface area contributed by atoms with Crippen molar-refractivity contribution in [2.45, 2.75) is 31.7 Å². The molecule has 20 heavy (non-hydrogen) atoms. The largest absolute Gasteiger partial charge is 0.494 e. The molecule has 0 N–H and O–H groups in total. The summed E-state index contributed by atoms with van der Waals surface area (Å²) in [7, 11) is 3.39. The van der Waals surface area contributed by atoms with Gasteiger partial charge in [0.2, 0.25) is 0 Å². The molecular formula is C15H21ClN2O2. The Morgan fingerprint density at radius 1 is 1.30 bits per heavy atom. The van der Waals surface area contributed by atoms with E-state index in [0.717, 1.165) is 48.6 Å². The number of imidazole rings is 1. The van der Waals surface area contributed by atoms with E-state index in [0.29, 0.717) is 0 Å². The number of para-hydroxylation sites is 1. The molecule has 2 aromatic rings. The molecule has 0 spiro atoms. The third-order valence-corrected chi connectivity index (χ3v) is 3.52. The molecule has 5 heteroatoms. The Kier molecular flexibility index (Phi) is 5.26. The summed E-state index contributed by atoms with van der Waals surface area (Å²) < 4.78 is 12.7. The van der Waals surface area contributed by atoms with Crippen molar-refractivity contribution in [2.75, 3.05) is 20.8 Å². The Morgan fingerprint density at radius 3 is 2.75 bits per heavy atom. The lowest BCUT2D eigenvalue weighted by Crippen LogP contribution is -2.05. The number of hydrogen-bond acceptors (Lipinski definition) is 3. The van der Waals surface area contributed by atoms with Gasteiger partial charge in [-0.25, -0.2) is 4.98 Å². The summed E-state index contributed by atoms with van der Waals surface area (Å²) in [6.07, 6.45) is 2.06. The molecule has 1 unspecified atom stereocenters. The SMILES string of the molecule is COCCCCn1c(C(C)Cl)nc2c(OC)cccc21. The van der Waals surface area contributed by atoms with Gasteiger partial charge in [0.25, 0.3) is 0 Å². The lowest BCUT2D eigenvalue weighted by molar-refractivity contribution is 0.191. The summed E-state index contributed by atoms with van der Waals surface area (Å²) in [5.74, 6) is 1.68. The van der Waals surface area contributed by atoms with Gasteiger partial charge < -0.3 is 14.0 Å². The second-order valence-electron chi connectivity index (χ2n) is 4.77. The Hall–Kier alpha value is -1.26. The van der Waals surface area contributed by atoms with E-state index in [4.69, 9.17) is 21.1 Å². The highest BCUT2D eigenvalue weighted by molar-refractivity contribution is 6.20. The van der Waals surface area contributed by atoms with Crippen LogP contribution in [-0.2, 0) is 11.3 Å². The normalized spacial score (nSPS) is 12.8. The number of unbranched alkanes of at least 4 members (excludes halogenated alkanes) is 1. The number of ether oxygens (including phenoxy) is 2. The number of fused-ring (bicyclic) bond motifs is 1. The van der Waals surface area contributed by atoms with E-state index in [1.807, 2.05) is 19.1 Å². The summed E-state index contributed by atoms with van der Waals surface area (Å²) in [6.45, 7) is 3.61. The molecular weight excluding hydrogens is 276 g/mol. The number of aryl methyl sites for hydroxylation is 1. The van der Waals surface area contributed by atoms with Crippen molar-refractivity contribution in [1.29, 1.82) is 0 Å². The van der Waals surface area contributed by atoms with Gasteiger partial charge >= 0.3 is 0 Å². The molecule has 0 aliphatic carbocycles. The number of halogens is 1. The van der Waals surface area contributed by atoms with Crippen molar-refractivity contribution in [3.05, 3.63) is 24.0 Å². The minimum absolute atomic E-state index is 0.130. The van der Waals surface area contributed by atoms with Crippen molar-refractivity contribution in [1.82, 2.24) is 9.55 Å². The third-order valence-electron chi connectivity index (χ3n) is 3.33. The first-order valence-corrected chi connectivity index (χ1v) is 7.28. The average Bonchev–Trinajstić information content (AvgIpc) is 2.82. The standard InChI is InChI=1S/C15H21ClN2O2/c1-11(16)15-17-14-12(7-6-8-13(14)20-3)18(15)9-4-5-10-19-2/h6-8,11H,4-5,9-10H2,1-3H3. The zero-order chi connectivity index (χ0) is 14.5. The molecule has 0 radical (unpaired) electrons. The highest BCUT2D eigenvalue weighted by Gasteiger charge is 2.16. The minimum atomic E-state index is -0.130. The number of aromatic nitrogens is 2. The molecule has 0 aliphatic heterocycles.